The lowest BCUT2D eigenvalue weighted by molar-refractivity contribution is 0.353. The number of amidine groups is 1. The van der Waals surface area contributed by atoms with Crippen molar-refractivity contribution in [2.75, 3.05) is 6.54 Å². The molecule has 0 aromatic heterocycles. The van der Waals surface area contributed by atoms with Crippen LogP contribution in [0.1, 0.15) is 39.5 Å². The van der Waals surface area contributed by atoms with Crippen LogP contribution in [0, 0.1) is 0 Å². The molecule has 5 nitrogen and oxygen atoms in total. The third-order valence-electron chi connectivity index (χ3n) is 3.58. The summed E-state index contributed by atoms with van der Waals surface area (Å²) in [7, 11) is 0. The molecular formula is C16H26N4O. The Morgan fingerprint density at radius 3 is 3.00 bits per heavy atom. The van der Waals surface area contributed by atoms with E-state index in [1.165, 1.54) is 25.7 Å². The first kappa shape index (κ1) is 15.8. The largest absolute Gasteiger partial charge is 0.404 e. The van der Waals surface area contributed by atoms with Gasteiger partial charge in [0.25, 0.3) is 0 Å². The zero-order valence-electron chi connectivity index (χ0n) is 13.0. The molecule has 2 rings (SSSR count). The number of aliphatic imine (C=N–C) groups is 1. The number of hydrogen-bond donors (Lipinski definition) is 3. The lowest BCUT2D eigenvalue weighted by Gasteiger charge is -2.16. The van der Waals surface area contributed by atoms with Crippen molar-refractivity contribution in [1.82, 2.24) is 10.6 Å². The fraction of sp³-hybridized carbons (Fsp3) is 0.562. The van der Waals surface area contributed by atoms with Crippen molar-refractivity contribution in [3.63, 3.8) is 0 Å². The van der Waals surface area contributed by atoms with E-state index in [4.69, 9.17) is 10.5 Å². The Balaban J connectivity index is 1.82. The highest BCUT2D eigenvalue weighted by Gasteiger charge is 2.43. The van der Waals surface area contributed by atoms with Crippen molar-refractivity contribution in [3.8, 4) is 0 Å². The van der Waals surface area contributed by atoms with Gasteiger partial charge in [-0.15, -0.1) is 0 Å². The molecule has 0 bridgehead atoms. The van der Waals surface area contributed by atoms with Crippen molar-refractivity contribution in [2.45, 2.75) is 51.9 Å². The van der Waals surface area contributed by atoms with Gasteiger partial charge in [0.1, 0.15) is 18.2 Å². The first-order valence-corrected chi connectivity index (χ1v) is 7.69. The number of nitrogens with one attached hydrogen (secondary N) is 2. The van der Waals surface area contributed by atoms with Crippen molar-refractivity contribution >= 4 is 5.84 Å². The summed E-state index contributed by atoms with van der Waals surface area (Å²) in [6.45, 7) is 9.05. The first-order chi connectivity index (χ1) is 10.2. The molecular weight excluding hydrogens is 264 g/mol. The number of rotatable bonds is 8. The maximum absolute atomic E-state index is 5.75. The van der Waals surface area contributed by atoms with E-state index in [0.29, 0.717) is 0 Å². The Morgan fingerprint density at radius 1 is 1.52 bits per heavy atom. The molecule has 4 N–H and O–H groups in total. The maximum atomic E-state index is 5.75. The number of unbranched alkanes of at least 4 members (excludes halogenated alkanes) is 3. The molecule has 0 saturated carbocycles. The topological polar surface area (TPSA) is 75.0 Å². The molecule has 2 heterocycles. The minimum Gasteiger partial charge on any atom is -0.404 e. The van der Waals surface area contributed by atoms with Gasteiger partial charge in [-0.25, -0.2) is 4.99 Å². The average Bonchev–Trinajstić information content (AvgIpc) is 3.18. The van der Waals surface area contributed by atoms with Crippen molar-refractivity contribution in [3.05, 3.63) is 35.8 Å². The van der Waals surface area contributed by atoms with Gasteiger partial charge in [0, 0.05) is 23.2 Å². The molecule has 1 saturated heterocycles. The van der Waals surface area contributed by atoms with Gasteiger partial charge in [0.2, 0.25) is 0 Å². The minimum absolute atomic E-state index is 0.0221. The molecule has 0 amide bonds. The Hall–Kier alpha value is -1.59. The van der Waals surface area contributed by atoms with Crippen molar-refractivity contribution < 1.29 is 4.74 Å². The predicted molar refractivity (Wildman–Crippen MR) is 86.5 cm³/mol. The summed E-state index contributed by atoms with van der Waals surface area (Å²) in [5.74, 6) is 0.739. The second-order valence-electron chi connectivity index (χ2n) is 5.51. The number of nitrogens with two attached hydrogens (primary N) is 1. The Kier molecular flexibility index (Phi) is 5.59. The highest BCUT2D eigenvalue weighted by atomic mass is 16.6. The van der Waals surface area contributed by atoms with Crippen LogP contribution >= 0.6 is 0 Å². The number of hydrogen-bond acceptors (Lipinski definition) is 5. The van der Waals surface area contributed by atoms with Crippen LogP contribution in [0.15, 0.2) is 40.8 Å². The summed E-state index contributed by atoms with van der Waals surface area (Å²) in [5, 5.41) is 6.55. The monoisotopic (exact) mass is 290 g/mol. The number of epoxide rings is 1. The van der Waals surface area contributed by atoms with Gasteiger partial charge in [-0.05, 0) is 26.0 Å². The van der Waals surface area contributed by atoms with Crippen molar-refractivity contribution in [1.29, 1.82) is 0 Å². The van der Waals surface area contributed by atoms with E-state index < -0.39 is 0 Å². The van der Waals surface area contributed by atoms with Crippen LogP contribution in [0.4, 0.5) is 0 Å². The zero-order valence-corrected chi connectivity index (χ0v) is 13.0. The number of allylic oxidation sites excluding steroid dienone is 2. The van der Waals surface area contributed by atoms with Gasteiger partial charge in [0.05, 0.1) is 0 Å². The lowest BCUT2D eigenvalue weighted by Crippen LogP contribution is -2.31. The first-order valence-electron chi connectivity index (χ1n) is 7.69. The standard InChI is InChI=1S/C16H26N4O/c1-4-5-6-7-8-18-16-14(21-16)13(10-17)15-19-11(2)9-12(3)20-15/h9-10,14,16,18H,2,4-8,17H2,1,3H3,(H,19,20). The summed E-state index contributed by atoms with van der Waals surface area (Å²) in [6, 6.07) is 0. The van der Waals surface area contributed by atoms with Gasteiger partial charge in [-0.1, -0.05) is 32.8 Å². The molecule has 0 aromatic carbocycles. The third-order valence-corrected chi connectivity index (χ3v) is 3.58. The molecule has 116 valence electrons. The van der Waals surface area contributed by atoms with E-state index in [-0.39, 0.29) is 12.3 Å². The van der Waals surface area contributed by atoms with Gasteiger partial charge < -0.3 is 15.8 Å². The van der Waals surface area contributed by atoms with E-state index in [1.807, 2.05) is 13.0 Å². The quantitative estimate of drug-likeness (QED) is 0.473. The minimum atomic E-state index is -0.0221. The van der Waals surface area contributed by atoms with Crippen molar-refractivity contribution in [2.24, 2.45) is 10.7 Å². The summed E-state index contributed by atoms with van der Waals surface area (Å²) >= 11 is 0. The van der Waals surface area contributed by atoms with E-state index >= 15 is 0 Å². The Morgan fingerprint density at radius 2 is 2.33 bits per heavy atom. The molecule has 5 heteroatoms. The van der Waals surface area contributed by atoms with E-state index in [9.17, 15) is 0 Å². The Bertz CT molecular complexity index is 479. The second kappa shape index (κ2) is 7.43. The van der Waals surface area contributed by atoms with E-state index in [1.54, 1.807) is 6.20 Å². The van der Waals surface area contributed by atoms with Crippen LogP contribution < -0.4 is 16.4 Å². The molecule has 2 aliphatic heterocycles. The molecule has 2 atom stereocenters. The number of ether oxygens (including phenoxy) is 1. The molecule has 0 aliphatic carbocycles. The molecule has 0 radical (unpaired) electrons. The third kappa shape index (κ3) is 4.44. The number of nitrogens with zero attached hydrogens (tertiary/aromatic N) is 1. The van der Waals surface area contributed by atoms with Gasteiger partial charge in [0.15, 0.2) is 0 Å². The summed E-state index contributed by atoms with van der Waals surface area (Å²) < 4.78 is 5.67. The normalized spacial score (nSPS) is 25.2. The van der Waals surface area contributed by atoms with Gasteiger partial charge >= 0.3 is 0 Å². The van der Waals surface area contributed by atoms with Crippen LogP contribution in [0.2, 0.25) is 0 Å². The molecule has 2 unspecified atom stereocenters. The lowest BCUT2D eigenvalue weighted by atomic mass is 10.1. The van der Waals surface area contributed by atoms with Crippen LogP contribution in [0.3, 0.4) is 0 Å². The van der Waals surface area contributed by atoms with E-state index in [0.717, 1.165) is 29.3 Å². The SMILES string of the molecule is C=C1C=C(C)N=C(C(=CN)C2OC2NCCCCCC)N1. The predicted octanol–water partition coefficient (Wildman–Crippen LogP) is 2.14. The van der Waals surface area contributed by atoms with E-state index in [2.05, 4.69) is 29.1 Å². The highest BCUT2D eigenvalue weighted by Crippen LogP contribution is 2.28. The average molecular weight is 290 g/mol. The van der Waals surface area contributed by atoms with Crippen LogP contribution in [-0.4, -0.2) is 24.7 Å². The molecule has 0 spiro atoms. The molecule has 2 aliphatic rings. The Labute approximate surface area is 127 Å². The maximum Gasteiger partial charge on any atom is 0.140 e. The molecule has 21 heavy (non-hydrogen) atoms. The summed E-state index contributed by atoms with van der Waals surface area (Å²) in [4.78, 5) is 4.47. The van der Waals surface area contributed by atoms with Crippen LogP contribution in [0.25, 0.3) is 0 Å². The smallest absolute Gasteiger partial charge is 0.140 e. The summed E-state index contributed by atoms with van der Waals surface area (Å²) in [5.41, 5.74) is 8.37. The second-order valence-corrected chi connectivity index (χ2v) is 5.51. The van der Waals surface area contributed by atoms with Gasteiger partial charge in [-0.2, -0.15) is 0 Å². The fourth-order valence-electron chi connectivity index (χ4n) is 2.42. The van der Waals surface area contributed by atoms with Crippen LogP contribution in [0.5, 0.6) is 0 Å². The highest BCUT2D eigenvalue weighted by molar-refractivity contribution is 6.02. The van der Waals surface area contributed by atoms with Crippen LogP contribution in [-0.2, 0) is 4.74 Å². The van der Waals surface area contributed by atoms with Gasteiger partial charge in [-0.3, -0.25) is 5.32 Å². The summed E-state index contributed by atoms with van der Waals surface area (Å²) in [6.07, 6.45) is 8.48. The fourth-order valence-corrected chi connectivity index (χ4v) is 2.42. The molecule has 1 fully saturated rings. The molecule has 0 aromatic rings. The zero-order chi connectivity index (χ0) is 15.2.